The molecule has 0 aliphatic carbocycles. The predicted molar refractivity (Wildman–Crippen MR) is 72.1 cm³/mol. The molecule has 0 atom stereocenters. The largest absolute Gasteiger partial charge is 0.485 e. The van der Waals surface area contributed by atoms with Crippen molar-refractivity contribution in [3.63, 3.8) is 0 Å². The van der Waals surface area contributed by atoms with Crippen molar-refractivity contribution in [2.75, 3.05) is 6.61 Å². The van der Waals surface area contributed by atoms with Crippen molar-refractivity contribution in [2.24, 2.45) is 0 Å². The third kappa shape index (κ3) is 2.99. The quantitative estimate of drug-likeness (QED) is 0.781. The fourth-order valence-electron chi connectivity index (χ4n) is 1.93. The lowest BCUT2D eigenvalue weighted by Gasteiger charge is -2.11. The van der Waals surface area contributed by atoms with Crippen LogP contribution in [0.1, 0.15) is 21.5 Å². The van der Waals surface area contributed by atoms with Crippen LogP contribution in [0, 0.1) is 19.7 Å². The van der Waals surface area contributed by atoms with Gasteiger partial charge < -0.3 is 4.74 Å². The fraction of sp³-hybridized carbons (Fsp3) is 0.188. The van der Waals surface area contributed by atoms with Crippen LogP contribution >= 0.6 is 0 Å². The normalized spacial score (nSPS) is 10.3. The molecule has 0 saturated heterocycles. The minimum absolute atomic E-state index is 0.0636. The summed E-state index contributed by atoms with van der Waals surface area (Å²) in [6.45, 7) is 3.67. The highest BCUT2D eigenvalue weighted by atomic mass is 19.1. The SMILES string of the molecule is Cc1cccc(C)c1OCC(=O)c1ccccc1F. The number of hydrogen-bond donors (Lipinski definition) is 0. The smallest absolute Gasteiger partial charge is 0.203 e. The predicted octanol–water partition coefficient (Wildman–Crippen LogP) is 3.70. The van der Waals surface area contributed by atoms with Crippen molar-refractivity contribution in [3.8, 4) is 5.75 Å². The second kappa shape index (κ2) is 5.65. The van der Waals surface area contributed by atoms with Gasteiger partial charge >= 0.3 is 0 Å². The van der Waals surface area contributed by atoms with E-state index in [0.29, 0.717) is 5.75 Å². The van der Waals surface area contributed by atoms with E-state index >= 15 is 0 Å². The van der Waals surface area contributed by atoms with Crippen LogP contribution in [0.25, 0.3) is 0 Å². The average molecular weight is 258 g/mol. The Bertz CT molecular complexity index is 585. The Hall–Kier alpha value is -2.16. The molecule has 0 aliphatic rings. The summed E-state index contributed by atoms with van der Waals surface area (Å²) in [5.74, 6) is -0.189. The van der Waals surface area contributed by atoms with Crippen LogP contribution in [0.15, 0.2) is 42.5 Å². The molecule has 2 aromatic rings. The summed E-state index contributed by atoms with van der Waals surface area (Å²) in [4.78, 5) is 11.9. The zero-order valence-corrected chi connectivity index (χ0v) is 10.9. The maximum Gasteiger partial charge on any atom is 0.203 e. The van der Waals surface area contributed by atoms with E-state index in [1.165, 1.54) is 12.1 Å². The summed E-state index contributed by atoms with van der Waals surface area (Å²) < 4.78 is 19.0. The minimum atomic E-state index is -0.516. The molecule has 0 saturated carbocycles. The monoisotopic (exact) mass is 258 g/mol. The molecule has 2 aromatic carbocycles. The first-order valence-electron chi connectivity index (χ1n) is 6.06. The zero-order chi connectivity index (χ0) is 13.8. The summed E-state index contributed by atoms with van der Waals surface area (Å²) in [5, 5.41) is 0. The number of carbonyl (C=O) groups is 1. The number of halogens is 1. The molecule has 0 heterocycles. The molecule has 0 radical (unpaired) electrons. The van der Waals surface area contributed by atoms with Crippen LogP contribution in [0.5, 0.6) is 5.75 Å². The van der Waals surface area contributed by atoms with Gasteiger partial charge in [-0.2, -0.15) is 0 Å². The highest BCUT2D eigenvalue weighted by Crippen LogP contribution is 2.22. The number of ketones is 1. The Labute approximate surface area is 111 Å². The molecule has 2 nitrogen and oxygen atoms in total. The molecular formula is C16H15FO2. The molecular weight excluding hydrogens is 243 g/mol. The van der Waals surface area contributed by atoms with E-state index in [0.717, 1.165) is 11.1 Å². The van der Waals surface area contributed by atoms with Crippen LogP contribution in [0.3, 0.4) is 0 Å². The van der Waals surface area contributed by atoms with Gasteiger partial charge in [0.05, 0.1) is 5.56 Å². The van der Waals surface area contributed by atoms with E-state index in [-0.39, 0.29) is 18.0 Å². The number of ether oxygens (including phenoxy) is 1. The lowest BCUT2D eigenvalue weighted by atomic mass is 10.1. The van der Waals surface area contributed by atoms with Gasteiger partial charge in [0.25, 0.3) is 0 Å². The highest BCUT2D eigenvalue weighted by molar-refractivity contribution is 5.97. The van der Waals surface area contributed by atoms with Gasteiger partial charge in [-0.05, 0) is 37.1 Å². The third-order valence-electron chi connectivity index (χ3n) is 2.93. The van der Waals surface area contributed by atoms with Gasteiger partial charge in [0, 0.05) is 0 Å². The minimum Gasteiger partial charge on any atom is -0.485 e. The maximum absolute atomic E-state index is 13.4. The standard InChI is InChI=1S/C16H15FO2/c1-11-6-5-7-12(2)16(11)19-10-15(18)13-8-3-4-9-14(13)17/h3-9H,10H2,1-2H3. The van der Waals surface area contributed by atoms with Crippen LogP contribution in [-0.4, -0.2) is 12.4 Å². The van der Waals surface area contributed by atoms with Crippen molar-refractivity contribution in [1.82, 2.24) is 0 Å². The van der Waals surface area contributed by atoms with Crippen LogP contribution in [0.2, 0.25) is 0 Å². The van der Waals surface area contributed by atoms with E-state index in [9.17, 15) is 9.18 Å². The molecule has 0 N–H and O–H groups in total. The second-order valence-corrected chi connectivity index (χ2v) is 4.41. The average Bonchev–Trinajstić information content (AvgIpc) is 2.38. The molecule has 19 heavy (non-hydrogen) atoms. The van der Waals surface area contributed by atoms with Gasteiger partial charge in [-0.25, -0.2) is 4.39 Å². The zero-order valence-electron chi connectivity index (χ0n) is 10.9. The summed E-state index contributed by atoms with van der Waals surface area (Å²) in [6.07, 6.45) is 0. The molecule has 0 unspecified atom stereocenters. The van der Waals surface area contributed by atoms with E-state index in [2.05, 4.69) is 0 Å². The maximum atomic E-state index is 13.4. The molecule has 98 valence electrons. The fourth-order valence-corrected chi connectivity index (χ4v) is 1.93. The first kappa shape index (κ1) is 13.3. The van der Waals surface area contributed by atoms with Gasteiger partial charge in [0.15, 0.2) is 6.61 Å². The first-order chi connectivity index (χ1) is 9.09. The van der Waals surface area contributed by atoms with Crippen molar-refractivity contribution in [2.45, 2.75) is 13.8 Å². The topological polar surface area (TPSA) is 26.3 Å². The lowest BCUT2D eigenvalue weighted by Crippen LogP contribution is -2.14. The number of benzene rings is 2. The molecule has 2 rings (SSSR count). The van der Waals surface area contributed by atoms with Crippen molar-refractivity contribution < 1.29 is 13.9 Å². The molecule has 0 fully saturated rings. The summed E-state index contributed by atoms with van der Waals surface area (Å²) >= 11 is 0. The Kier molecular flexibility index (Phi) is 3.95. The number of rotatable bonds is 4. The summed E-state index contributed by atoms with van der Waals surface area (Å²) in [5.41, 5.74) is 1.98. The summed E-state index contributed by atoms with van der Waals surface area (Å²) in [7, 11) is 0. The number of hydrogen-bond acceptors (Lipinski definition) is 2. The highest BCUT2D eigenvalue weighted by Gasteiger charge is 2.12. The van der Waals surface area contributed by atoms with Gasteiger partial charge in [-0.15, -0.1) is 0 Å². The van der Waals surface area contributed by atoms with Crippen LogP contribution < -0.4 is 4.74 Å². The molecule has 0 bridgehead atoms. The number of aryl methyl sites for hydroxylation is 2. The van der Waals surface area contributed by atoms with Crippen molar-refractivity contribution in [1.29, 1.82) is 0 Å². The number of Topliss-reactive ketones (excluding diaryl/α,β-unsaturated/α-hetero) is 1. The Morgan fingerprint density at radius 3 is 2.32 bits per heavy atom. The van der Waals surface area contributed by atoms with Crippen LogP contribution in [0.4, 0.5) is 4.39 Å². The number of carbonyl (C=O) groups excluding carboxylic acids is 1. The van der Waals surface area contributed by atoms with E-state index in [1.54, 1.807) is 12.1 Å². The third-order valence-corrected chi connectivity index (χ3v) is 2.93. The first-order valence-corrected chi connectivity index (χ1v) is 6.06. The van der Waals surface area contributed by atoms with Crippen LogP contribution in [-0.2, 0) is 0 Å². The van der Waals surface area contributed by atoms with Gasteiger partial charge in [-0.1, -0.05) is 30.3 Å². The molecule has 3 heteroatoms. The van der Waals surface area contributed by atoms with Gasteiger partial charge in [-0.3, -0.25) is 4.79 Å². The molecule has 0 amide bonds. The molecule has 0 aliphatic heterocycles. The van der Waals surface area contributed by atoms with E-state index in [1.807, 2.05) is 32.0 Å². The van der Waals surface area contributed by atoms with Crippen molar-refractivity contribution >= 4 is 5.78 Å². The van der Waals surface area contributed by atoms with Crippen molar-refractivity contribution in [3.05, 3.63) is 65.0 Å². The van der Waals surface area contributed by atoms with E-state index in [4.69, 9.17) is 4.74 Å². The Balaban J connectivity index is 2.11. The lowest BCUT2D eigenvalue weighted by molar-refractivity contribution is 0.0916. The van der Waals surface area contributed by atoms with Gasteiger partial charge in [0.1, 0.15) is 11.6 Å². The van der Waals surface area contributed by atoms with E-state index < -0.39 is 5.82 Å². The molecule has 0 aromatic heterocycles. The summed E-state index contributed by atoms with van der Waals surface area (Å²) in [6, 6.07) is 11.7. The molecule has 0 spiro atoms. The Morgan fingerprint density at radius 2 is 1.68 bits per heavy atom. The Morgan fingerprint density at radius 1 is 1.05 bits per heavy atom. The van der Waals surface area contributed by atoms with Gasteiger partial charge in [0.2, 0.25) is 5.78 Å². The second-order valence-electron chi connectivity index (χ2n) is 4.41. The number of para-hydroxylation sites is 1.